The SMILES string of the molecule is CSC(C)CCNCC1(O)CCCC1. The van der Waals surface area contributed by atoms with Crippen LogP contribution in [0.5, 0.6) is 0 Å². The molecule has 0 aromatic carbocycles. The predicted octanol–water partition coefficient (Wildman–Crippen LogP) is 2.02. The minimum absolute atomic E-state index is 0.386. The van der Waals surface area contributed by atoms with Crippen molar-refractivity contribution < 1.29 is 5.11 Å². The van der Waals surface area contributed by atoms with E-state index in [9.17, 15) is 5.11 Å². The third kappa shape index (κ3) is 4.20. The van der Waals surface area contributed by atoms with Gasteiger partial charge in [0, 0.05) is 11.8 Å². The monoisotopic (exact) mass is 217 g/mol. The Kier molecular flexibility index (Phi) is 5.28. The van der Waals surface area contributed by atoms with E-state index < -0.39 is 0 Å². The van der Waals surface area contributed by atoms with Crippen molar-refractivity contribution >= 4 is 11.8 Å². The van der Waals surface area contributed by atoms with Crippen LogP contribution in [0.1, 0.15) is 39.0 Å². The summed E-state index contributed by atoms with van der Waals surface area (Å²) in [5, 5.41) is 14.1. The molecule has 0 heterocycles. The first-order chi connectivity index (χ1) is 6.66. The molecule has 1 saturated carbocycles. The van der Waals surface area contributed by atoms with E-state index in [-0.39, 0.29) is 5.60 Å². The summed E-state index contributed by atoms with van der Waals surface area (Å²) in [7, 11) is 0. The zero-order valence-electron chi connectivity index (χ0n) is 9.38. The van der Waals surface area contributed by atoms with Crippen molar-refractivity contribution in [1.29, 1.82) is 0 Å². The first-order valence-corrected chi connectivity index (χ1v) is 6.91. The third-order valence-electron chi connectivity index (χ3n) is 3.12. The molecule has 14 heavy (non-hydrogen) atoms. The number of nitrogens with one attached hydrogen (secondary N) is 1. The van der Waals surface area contributed by atoms with Gasteiger partial charge < -0.3 is 10.4 Å². The van der Waals surface area contributed by atoms with Crippen LogP contribution in [-0.4, -0.2) is 35.3 Å². The Morgan fingerprint density at radius 1 is 1.43 bits per heavy atom. The second-order valence-electron chi connectivity index (χ2n) is 4.44. The molecule has 0 radical (unpaired) electrons. The molecule has 0 amide bonds. The quantitative estimate of drug-likeness (QED) is 0.668. The highest BCUT2D eigenvalue weighted by atomic mass is 32.2. The fourth-order valence-electron chi connectivity index (χ4n) is 1.95. The first kappa shape index (κ1) is 12.3. The lowest BCUT2D eigenvalue weighted by atomic mass is 10.0. The standard InChI is InChI=1S/C11H23NOS/c1-10(14-2)5-8-12-9-11(13)6-3-4-7-11/h10,12-13H,3-9H2,1-2H3. The molecule has 84 valence electrons. The van der Waals surface area contributed by atoms with Crippen molar-refractivity contribution in [2.24, 2.45) is 0 Å². The normalized spacial score (nSPS) is 22.5. The number of aliphatic hydroxyl groups is 1. The van der Waals surface area contributed by atoms with Gasteiger partial charge >= 0.3 is 0 Å². The Bertz CT molecular complexity index is 157. The number of rotatable bonds is 6. The molecule has 1 aliphatic carbocycles. The molecule has 0 saturated heterocycles. The van der Waals surface area contributed by atoms with E-state index in [1.165, 1.54) is 19.3 Å². The summed E-state index contributed by atoms with van der Waals surface area (Å²) in [5.74, 6) is 0. The van der Waals surface area contributed by atoms with Crippen LogP contribution in [0.25, 0.3) is 0 Å². The van der Waals surface area contributed by atoms with Gasteiger partial charge in [0.2, 0.25) is 0 Å². The Balaban J connectivity index is 2.03. The lowest BCUT2D eigenvalue weighted by Crippen LogP contribution is -2.38. The zero-order valence-corrected chi connectivity index (χ0v) is 10.2. The van der Waals surface area contributed by atoms with Crippen LogP contribution < -0.4 is 5.32 Å². The van der Waals surface area contributed by atoms with Crippen LogP contribution in [0.3, 0.4) is 0 Å². The van der Waals surface area contributed by atoms with E-state index in [2.05, 4.69) is 18.5 Å². The van der Waals surface area contributed by atoms with Gasteiger partial charge in [-0.25, -0.2) is 0 Å². The molecule has 0 spiro atoms. The summed E-state index contributed by atoms with van der Waals surface area (Å²) in [4.78, 5) is 0. The minimum Gasteiger partial charge on any atom is -0.389 e. The highest BCUT2D eigenvalue weighted by Crippen LogP contribution is 2.28. The van der Waals surface area contributed by atoms with Crippen molar-refractivity contribution in [3.63, 3.8) is 0 Å². The molecule has 3 heteroatoms. The van der Waals surface area contributed by atoms with Gasteiger partial charge in [0.1, 0.15) is 0 Å². The van der Waals surface area contributed by atoms with Gasteiger partial charge in [0.05, 0.1) is 5.60 Å². The van der Waals surface area contributed by atoms with Gasteiger partial charge in [0.25, 0.3) is 0 Å². The molecule has 2 N–H and O–H groups in total. The summed E-state index contributed by atoms with van der Waals surface area (Å²) in [6, 6.07) is 0. The van der Waals surface area contributed by atoms with Crippen molar-refractivity contribution in [3.05, 3.63) is 0 Å². The van der Waals surface area contributed by atoms with E-state index in [0.29, 0.717) is 0 Å². The van der Waals surface area contributed by atoms with Crippen LogP contribution in [0.4, 0.5) is 0 Å². The Morgan fingerprint density at radius 3 is 2.64 bits per heavy atom. The molecule has 1 aliphatic rings. The topological polar surface area (TPSA) is 32.3 Å². The maximum absolute atomic E-state index is 10.0. The Morgan fingerprint density at radius 2 is 2.07 bits per heavy atom. The molecule has 1 atom stereocenters. The summed E-state index contributed by atoms with van der Waals surface area (Å²) < 4.78 is 0. The van der Waals surface area contributed by atoms with Gasteiger partial charge in [-0.15, -0.1) is 0 Å². The zero-order chi connectivity index (χ0) is 10.4. The molecule has 0 aliphatic heterocycles. The molecule has 1 fully saturated rings. The fraction of sp³-hybridized carbons (Fsp3) is 1.00. The summed E-state index contributed by atoms with van der Waals surface area (Å²) in [6.07, 6.45) is 7.70. The van der Waals surface area contributed by atoms with E-state index in [0.717, 1.165) is 31.2 Å². The van der Waals surface area contributed by atoms with Gasteiger partial charge in [0.15, 0.2) is 0 Å². The number of hydrogen-bond donors (Lipinski definition) is 2. The van der Waals surface area contributed by atoms with E-state index in [1.54, 1.807) is 0 Å². The third-order valence-corrected chi connectivity index (χ3v) is 4.16. The maximum atomic E-state index is 10.0. The second kappa shape index (κ2) is 5.99. The van der Waals surface area contributed by atoms with Crippen LogP contribution in [0.2, 0.25) is 0 Å². The molecular formula is C11H23NOS. The maximum Gasteiger partial charge on any atom is 0.0771 e. The number of thioether (sulfide) groups is 1. The summed E-state index contributed by atoms with van der Waals surface area (Å²) in [5.41, 5.74) is -0.386. The molecule has 0 aromatic rings. The van der Waals surface area contributed by atoms with Crippen LogP contribution in [-0.2, 0) is 0 Å². The average Bonchev–Trinajstić information content (AvgIpc) is 2.60. The highest BCUT2D eigenvalue weighted by molar-refractivity contribution is 7.99. The molecular weight excluding hydrogens is 194 g/mol. The lowest BCUT2D eigenvalue weighted by molar-refractivity contribution is 0.0479. The Hall–Kier alpha value is 0.270. The van der Waals surface area contributed by atoms with Gasteiger partial charge in [-0.05, 0) is 32.1 Å². The highest BCUT2D eigenvalue weighted by Gasteiger charge is 2.30. The average molecular weight is 217 g/mol. The Labute approximate surface area is 91.9 Å². The van der Waals surface area contributed by atoms with E-state index in [4.69, 9.17) is 0 Å². The van der Waals surface area contributed by atoms with Gasteiger partial charge in [-0.2, -0.15) is 11.8 Å². The molecule has 0 aromatic heterocycles. The van der Waals surface area contributed by atoms with Crippen LogP contribution in [0.15, 0.2) is 0 Å². The van der Waals surface area contributed by atoms with Crippen molar-refractivity contribution in [2.75, 3.05) is 19.3 Å². The minimum atomic E-state index is -0.386. The van der Waals surface area contributed by atoms with Crippen molar-refractivity contribution in [3.8, 4) is 0 Å². The molecule has 0 bridgehead atoms. The smallest absolute Gasteiger partial charge is 0.0771 e. The van der Waals surface area contributed by atoms with Gasteiger partial charge in [-0.3, -0.25) is 0 Å². The lowest BCUT2D eigenvalue weighted by Gasteiger charge is -2.22. The molecule has 2 nitrogen and oxygen atoms in total. The second-order valence-corrected chi connectivity index (χ2v) is 5.72. The summed E-state index contributed by atoms with van der Waals surface area (Å²) in [6.45, 7) is 4.06. The van der Waals surface area contributed by atoms with E-state index >= 15 is 0 Å². The molecule has 1 rings (SSSR count). The van der Waals surface area contributed by atoms with Crippen molar-refractivity contribution in [2.45, 2.75) is 49.9 Å². The van der Waals surface area contributed by atoms with Gasteiger partial charge in [-0.1, -0.05) is 19.8 Å². The van der Waals surface area contributed by atoms with E-state index in [1.807, 2.05) is 11.8 Å². The largest absolute Gasteiger partial charge is 0.389 e. The van der Waals surface area contributed by atoms with Crippen molar-refractivity contribution in [1.82, 2.24) is 5.32 Å². The summed E-state index contributed by atoms with van der Waals surface area (Å²) >= 11 is 1.90. The predicted molar refractivity (Wildman–Crippen MR) is 63.9 cm³/mol. The van der Waals surface area contributed by atoms with Crippen LogP contribution >= 0.6 is 11.8 Å². The molecule has 1 unspecified atom stereocenters. The van der Waals surface area contributed by atoms with Crippen LogP contribution in [0, 0.1) is 0 Å². The fourth-order valence-corrected chi connectivity index (χ4v) is 2.31. The number of hydrogen-bond acceptors (Lipinski definition) is 3. The first-order valence-electron chi connectivity index (χ1n) is 5.62.